The van der Waals surface area contributed by atoms with Gasteiger partial charge in [0, 0.05) is 12.6 Å². The summed E-state index contributed by atoms with van der Waals surface area (Å²) in [5.74, 6) is 5.89. The van der Waals surface area contributed by atoms with Crippen LogP contribution in [0.4, 0.5) is 17.3 Å². The molecule has 1 heterocycles. The zero-order chi connectivity index (χ0) is 13.4. The lowest BCUT2D eigenvalue weighted by atomic mass is 10.2. The number of nitrogens with zero attached hydrogens (tertiary/aromatic N) is 2. The van der Waals surface area contributed by atoms with Gasteiger partial charge in [0.15, 0.2) is 0 Å². The predicted molar refractivity (Wildman–Crippen MR) is 71.3 cm³/mol. The highest BCUT2D eigenvalue weighted by atomic mass is 16.6. The zero-order valence-electron chi connectivity index (χ0n) is 10.5. The number of hydrazine groups is 1. The number of nitrogens with two attached hydrogens (primary N) is 1. The van der Waals surface area contributed by atoms with Crippen LogP contribution in [-0.4, -0.2) is 16.5 Å². The summed E-state index contributed by atoms with van der Waals surface area (Å²) in [6.45, 7) is 2.80. The zero-order valence-corrected chi connectivity index (χ0v) is 10.5. The molecule has 0 bridgehead atoms. The number of anilines is 2. The molecule has 0 saturated carbocycles. The van der Waals surface area contributed by atoms with Gasteiger partial charge in [0.2, 0.25) is 5.82 Å². The molecule has 0 aromatic carbocycles. The summed E-state index contributed by atoms with van der Waals surface area (Å²) in [6, 6.07) is 2.86. The molecule has 0 fully saturated rings. The fourth-order valence-electron chi connectivity index (χ4n) is 1.57. The number of nitro groups is 1. The van der Waals surface area contributed by atoms with Crippen LogP contribution >= 0.6 is 0 Å². The van der Waals surface area contributed by atoms with Crippen molar-refractivity contribution in [1.82, 2.24) is 4.98 Å². The van der Waals surface area contributed by atoms with Gasteiger partial charge < -0.3 is 10.7 Å². The molecule has 0 spiro atoms. The highest BCUT2D eigenvalue weighted by Gasteiger charge is 2.15. The first-order valence-corrected chi connectivity index (χ1v) is 6.05. The van der Waals surface area contributed by atoms with Gasteiger partial charge in [-0.1, -0.05) is 26.2 Å². The van der Waals surface area contributed by atoms with E-state index < -0.39 is 4.92 Å². The lowest BCUT2D eigenvalue weighted by molar-refractivity contribution is -0.384. The SMILES string of the molecule is CCCCCCNc1nc(NN)ccc1[N+](=O)[O-]. The Balaban J connectivity index is 2.63. The Morgan fingerprint density at radius 1 is 1.39 bits per heavy atom. The first-order valence-electron chi connectivity index (χ1n) is 6.05. The summed E-state index contributed by atoms with van der Waals surface area (Å²) in [6.07, 6.45) is 4.39. The summed E-state index contributed by atoms with van der Waals surface area (Å²) < 4.78 is 0. The van der Waals surface area contributed by atoms with Crippen LogP contribution in [0.2, 0.25) is 0 Å². The van der Waals surface area contributed by atoms with Gasteiger partial charge in [0.25, 0.3) is 0 Å². The van der Waals surface area contributed by atoms with Crippen molar-refractivity contribution in [3.63, 3.8) is 0 Å². The molecule has 0 saturated heterocycles. The Morgan fingerprint density at radius 3 is 2.78 bits per heavy atom. The van der Waals surface area contributed by atoms with E-state index in [-0.39, 0.29) is 11.5 Å². The molecule has 1 aromatic heterocycles. The third-order valence-corrected chi connectivity index (χ3v) is 2.54. The largest absolute Gasteiger partial charge is 0.364 e. The van der Waals surface area contributed by atoms with Gasteiger partial charge in [-0.3, -0.25) is 10.1 Å². The highest BCUT2D eigenvalue weighted by molar-refractivity contribution is 5.59. The van der Waals surface area contributed by atoms with Gasteiger partial charge in [0.1, 0.15) is 5.82 Å². The van der Waals surface area contributed by atoms with Crippen LogP contribution in [0.15, 0.2) is 12.1 Å². The first-order chi connectivity index (χ1) is 8.69. The van der Waals surface area contributed by atoms with Crippen molar-refractivity contribution in [2.24, 2.45) is 5.84 Å². The number of nitrogen functional groups attached to an aromatic ring is 1. The van der Waals surface area contributed by atoms with E-state index in [1.807, 2.05) is 0 Å². The van der Waals surface area contributed by atoms with Gasteiger partial charge in [-0.25, -0.2) is 10.8 Å². The van der Waals surface area contributed by atoms with Gasteiger partial charge in [-0.05, 0) is 12.5 Å². The van der Waals surface area contributed by atoms with Crippen LogP contribution in [0.1, 0.15) is 32.6 Å². The molecule has 0 unspecified atom stereocenters. The van der Waals surface area contributed by atoms with Gasteiger partial charge in [-0.2, -0.15) is 0 Å². The van der Waals surface area contributed by atoms with Crippen molar-refractivity contribution < 1.29 is 4.92 Å². The second-order valence-electron chi connectivity index (χ2n) is 3.95. The second-order valence-corrected chi connectivity index (χ2v) is 3.95. The predicted octanol–water partition coefficient (Wildman–Crippen LogP) is 2.27. The molecule has 7 heteroatoms. The monoisotopic (exact) mass is 253 g/mol. The summed E-state index contributed by atoms with van der Waals surface area (Å²) in [7, 11) is 0. The molecule has 100 valence electrons. The second kappa shape index (κ2) is 7.44. The number of hydrogen-bond donors (Lipinski definition) is 3. The summed E-state index contributed by atoms with van der Waals surface area (Å²) in [5.41, 5.74) is 2.33. The molecule has 1 aromatic rings. The van der Waals surface area contributed by atoms with E-state index in [0.717, 1.165) is 19.3 Å². The minimum absolute atomic E-state index is 0.0375. The van der Waals surface area contributed by atoms with Crippen LogP contribution in [0.3, 0.4) is 0 Å². The third kappa shape index (κ3) is 4.17. The third-order valence-electron chi connectivity index (χ3n) is 2.54. The Bertz CT molecular complexity index is 397. The van der Waals surface area contributed by atoms with E-state index in [9.17, 15) is 10.1 Å². The molecular weight excluding hydrogens is 234 g/mol. The maximum atomic E-state index is 10.8. The van der Waals surface area contributed by atoms with Crippen LogP contribution in [0, 0.1) is 10.1 Å². The van der Waals surface area contributed by atoms with E-state index in [2.05, 4.69) is 22.7 Å². The van der Waals surface area contributed by atoms with E-state index in [1.54, 1.807) is 0 Å². The van der Waals surface area contributed by atoms with E-state index in [0.29, 0.717) is 12.4 Å². The average molecular weight is 253 g/mol. The number of hydrogen-bond acceptors (Lipinski definition) is 6. The maximum Gasteiger partial charge on any atom is 0.311 e. The van der Waals surface area contributed by atoms with E-state index in [4.69, 9.17) is 5.84 Å². The van der Waals surface area contributed by atoms with Crippen LogP contribution < -0.4 is 16.6 Å². The Hall–Kier alpha value is -1.89. The van der Waals surface area contributed by atoms with Crippen LogP contribution in [-0.2, 0) is 0 Å². The fraction of sp³-hybridized carbons (Fsp3) is 0.545. The highest BCUT2D eigenvalue weighted by Crippen LogP contribution is 2.23. The smallest absolute Gasteiger partial charge is 0.311 e. The first kappa shape index (κ1) is 14.2. The molecule has 1 rings (SSSR count). The lowest BCUT2D eigenvalue weighted by Crippen LogP contribution is -2.12. The average Bonchev–Trinajstić information content (AvgIpc) is 2.38. The summed E-state index contributed by atoms with van der Waals surface area (Å²) in [5, 5.41) is 13.8. The van der Waals surface area contributed by atoms with Crippen molar-refractivity contribution in [2.45, 2.75) is 32.6 Å². The number of aromatic nitrogens is 1. The lowest BCUT2D eigenvalue weighted by Gasteiger charge is -2.07. The maximum absolute atomic E-state index is 10.8. The van der Waals surface area contributed by atoms with Crippen molar-refractivity contribution in [1.29, 1.82) is 0 Å². The summed E-state index contributed by atoms with van der Waals surface area (Å²) in [4.78, 5) is 14.4. The number of nitrogens with one attached hydrogen (secondary N) is 2. The van der Waals surface area contributed by atoms with Gasteiger partial charge in [-0.15, -0.1) is 0 Å². The molecule has 7 nitrogen and oxygen atoms in total. The number of pyridine rings is 1. The minimum atomic E-state index is -0.457. The Morgan fingerprint density at radius 2 is 2.17 bits per heavy atom. The van der Waals surface area contributed by atoms with Crippen molar-refractivity contribution in [3.05, 3.63) is 22.2 Å². The number of rotatable bonds is 8. The van der Waals surface area contributed by atoms with Gasteiger partial charge in [0.05, 0.1) is 4.92 Å². The molecular formula is C11H19N5O2. The van der Waals surface area contributed by atoms with Crippen molar-refractivity contribution in [2.75, 3.05) is 17.3 Å². The van der Waals surface area contributed by atoms with Crippen LogP contribution in [0.5, 0.6) is 0 Å². The van der Waals surface area contributed by atoms with Crippen LogP contribution in [0.25, 0.3) is 0 Å². The normalized spacial score (nSPS) is 10.1. The summed E-state index contributed by atoms with van der Waals surface area (Å²) >= 11 is 0. The molecule has 0 radical (unpaired) electrons. The Kier molecular flexibility index (Phi) is 5.86. The van der Waals surface area contributed by atoms with Crippen molar-refractivity contribution >= 4 is 17.3 Å². The molecule has 0 aliphatic heterocycles. The van der Waals surface area contributed by atoms with Crippen molar-refractivity contribution in [3.8, 4) is 0 Å². The Labute approximate surface area is 106 Å². The van der Waals surface area contributed by atoms with E-state index in [1.165, 1.54) is 18.6 Å². The molecule has 0 atom stereocenters. The topological polar surface area (TPSA) is 106 Å². The molecule has 0 aliphatic rings. The molecule has 18 heavy (non-hydrogen) atoms. The van der Waals surface area contributed by atoms with E-state index >= 15 is 0 Å². The standard InChI is InChI=1S/C11H19N5O2/c1-2-3-4-5-8-13-11-9(16(17)18)6-7-10(14-11)15-12/h6-7H,2-5,8,12H2,1H3,(H2,13,14,15). The number of unbranched alkanes of at least 4 members (excludes halogenated alkanes) is 3. The molecule has 0 aliphatic carbocycles. The minimum Gasteiger partial charge on any atom is -0.364 e. The van der Waals surface area contributed by atoms with Gasteiger partial charge >= 0.3 is 5.69 Å². The molecule has 0 amide bonds. The quantitative estimate of drug-likeness (QED) is 0.284. The molecule has 4 N–H and O–H groups in total. The fourth-order valence-corrected chi connectivity index (χ4v) is 1.57.